The molecule has 1 saturated heterocycles. The number of nitrogens with zero attached hydrogens (tertiary/aromatic N) is 2. The van der Waals surface area contributed by atoms with E-state index >= 15 is 0 Å². The Bertz CT molecular complexity index is 584. The van der Waals surface area contributed by atoms with Crippen LogP contribution in [0.25, 0.3) is 0 Å². The van der Waals surface area contributed by atoms with Crippen LogP contribution < -0.4 is 10.7 Å². The van der Waals surface area contributed by atoms with Crippen molar-refractivity contribution < 1.29 is 33.0 Å². The largest absolute Gasteiger partial charge is 0.464 e. The summed E-state index contributed by atoms with van der Waals surface area (Å²) in [6, 6.07) is 0. The first-order valence-electron chi connectivity index (χ1n) is 9.20. The smallest absolute Gasteiger partial charge is 0.422 e. The molecule has 1 aliphatic rings. The molecule has 13 heteroatoms. The summed E-state index contributed by atoms with van der Waals surface area (Å²) in [7, 11) is -0.920. The van der Waals surface area contributed by atoms with E-state index in [0.29, 0.717) is 32.7 Å². The van der Waals surface area contributed by atoms with Gasteiger partial charge in [0.15, 0.2) is 22.4 Å². The molecule has 164 valence electrons. The van der Waals surface area contributed by atoms with Gasteiger partial charge in [-0.1, -0.05) is 0 Å². The number of esters is 1. The molecule has 1 aliphatic heterocycles. The normalized spacial score (nSPS) is 16.9. The van der Waals surface area contributed by atoms with Crippen LogP contribution in [0, 0.1) is 0 Å². The van der Waals surface area contributed by atoms with Crippen molar-refractivity contribution in [2.45, 2.75) is 44.7 Å². The predicted octanol–water partition coefficient (Wildman–Crippen LogP) is 1.35. The third kappa shape index (κ3) is 11.8. The van der Waals surface area contributed by atoms with Gasteiger partial charge in [0.25, 0.3) is 0 Å². The molecule has 0 radical (unpaired) electrons. The van der Waals surface area contributed by atoms with E-state index in [9.17, 15) is 23.5 Å². The highest BCUT2D eigenvalue weighted by atomic mass is 31.1. The molecule has 0 aromatic carbocycles. The lowest BCUT2D eigenvalue weighted by Crippen LogP contribution is -2.54. The molecule has 0 aromatic rings. The third-order valence-corrected chi connectivity index (χ3v) is 4.96. The summed E-state index contributed by atoms with van der Waals surface area (Å²) in [5, 5.41) is 4.04. The second-order valence-electron chi connectivity index (χ2n) is 7.31. The van der Waals surface area contributed by atoms with E-state index in [4.69, 9.17) is 9.47 Å². The number of hydrazine groups is 1. The summed E-state index contributed by atoms with van der Waals surface area (Å²) < 4.78 is 31.5. The first-order valence-corrected chi connectivity index (χ1v) is 11.0. The van der Waals surface area contributed by atoms with Gasteiger partial charge in [0.2, 0.25) is 5.91 Å². The maximum absolute atomic E-state index is 11.8. The second-order valence-corrected chi connectivity index (χ2v) is 9.18. The van der Waals surface area contributed by atoms with Gasteiger partial charge in [0.1, 0.15) is 12.2 Å². The Hall–Kier alpha value is -1.67. The van der Waals surface area contributed by atoms with E-state index < -0.39 is 46.0 Å². The number of carbonyl (C=O) groups excluding carboxylic acids is 3. The van der Waals surface area contributed by atoms with Crippen molar-refractivity contribution in [3.8, 4) is 0 Å². The lowest BCUT2D eigenvalue weighted by atomic mass is 10.2. The Balaban J connectivity index is 2.15. The fourth-order valence-electron chi connectivity index (χ4n) is 2.38. The van der Waals surface area contributed by atoms with Gasteiger partial charge >= 0.3 is 12.1 Å². The first kappa shape index (κ1) is 25.4. The summed E-state index contributed by atoms with van der Waals surface area (Å²) in [5.41, 5.74) is 1.15. The second kappa shape index (κ2) is 12.8. The van der Waals surface area contributed by atoms with Gasteiger partial charge in [-0.15, -0.1) is 0 Å². The van der Waals surface area contributed by atoms with Crippen LogP contribution >= 0.6 is 16.9 Å². The lowest BCUT2D eigenvalue weighted by molar-refractivity contribution is -0.145. The molecule has 1 rings (SSSR count). The number of carbonyl (C=O) groups is 3. The van der Waals surface area contributed by atoms with Crippen molar-refractivity contribution in [2.75, 3.05) is 39.3 Å². The fraction of sp³-hybridized carbons (Fsp3) is 0.812. The van der Waals surface area contributed by atoms with E-state index in [0.717, 1.165) is 0 Å². The van der Waals surface area contributed by atoms with Crippen molar-refractivity contribution in [1.82, 2.24) is 20.7 Å². The monoisotopic (exact) mass is 450 g/mol. The highest BCUT2D eigenvalue weighted by Gasteiger charge is 2.22. The number of hydrogen-bond donors (Lipinski definition) is 2. The Morgan fingerprint density at radius 3 is 2.21 bits per heavy atom. The summed E-state index contributed by atoms with van der Waals surface area (Å²) in [6.07, 6.45) is -0.729. The topological polar surface area (TPSA) is 134 Å². The van der Waals surface area contributed by atoms with E-state index in [1.165, 1.54) is 0 Å². The fourth-order valence-corrected chi connectivity index (χ4v) is 2.93. The van der Waals surface area contributed by atoms with Crippen molar-refractivity contribution >= 4 is 34.9 Å². The van der Waals surface area contributed by atoms with E-state index in [2.05, 4.69) is 15.6 Å². The zero-order chi connectivity index (χ0) is 21.9. The van der Waals surface area contributed by atoms with Crippen molar-refractivity contribution in [2.24, 2.45) is 0 Å². The van der Waals surface area contributed by atoms with E-state index in [1.54, 1.807) is 25.8 Å². The Kier molecular flexibility index (Phi) is 11.2. The van der Waals surface area contributed by atoms with Crippen LogP contribution in [0.3, 0.4) is 0 Å². The number of amides is 2. The quantitative estimate of drug-likeness (QED) is 0.374. The molecular weight excluding hydrogens is 422 g/mol. The Morgan fingerprint density at radius 2 is 1.66 bits per heavy atom. The lowest BCUT2D eigenvalue weighted by Gasteiger charge is -2.34. The van der Waals surface area contributed by atoms with Crippen molar-refractivity contribution in [1.29, 1.82) is 0 Å². The number of ether oxygens (including phenoxy) is 2. The molecule has 1 heterocycles. The van der Waals surface area contributed by atoms with Crippen molar-refractivity contribution in [3.05, 3.63) is 0 Å². The number of rotatable bonds is 10. The SMILES string of the molecule is CC(C)(C)OC(=O)NN1CCN(CCOC(=O)CCC(=O)NC(P=O)P=O)CC1. The van der Waals surface area contributed by atoms with E-state index in [1.807, 2.05) is 0 Å². The highest BCUT2D eigenvalue weighted by Crippen LogP contribution is 2.15. The minimum absolute atomic E-state index is 0.113. The molecule has 29 heavy (non-hydrogen) atoms. The zero-order valence-electron chi connectivity index (χ0n) is 16.9. The third-order valence-electron chi connectivity index (χ3n) is 3.74. The maximum Gasteiger partial charge on any atom is 0.422 e. The molecule has 11 nitrogen and oxygen atoms in total. The van der Waals surface area contributed by atoms with Crippen LogP contribution in [0.2, 0.25) is 0 Å². The Morgan fingerprint density at radius 1 is 1.03 bits per heavy atom. The number of nitrogens with one attached hydrogen (secondary N) is 2. The van der Waals surface area contributed by atoms with Crippen LogP contribution in [-0.2, 0) is 28.2 Å². The van der Waals surface area contributed by atoms with Gasteiger partial charge in [-0.05, 0) is 20.8 Å². The minimum Gasteiger partial charge on any atom is -0.464 e. The van der Waals surface area contributed by atoms with Gasteiger partial charge in [-0.3, -0.25) is 29.0 Å². The average molecular weight is 450 g/mol. The molecule has 1 fully saturated rings. The van der Waals surface area contributed by atoms with Gasteiger partial charge in [0.05, 0.1) is 6.42 Å². The Labute approximate surface area is 173 Å². The summed E-state index contributed by atoms with van der Waals surface area (Å²) in [4.78, 5) is 37.1. The summed E-state index contributed by atoms with van der Waals surface area (Å²) >= 11 is 0. The average Bonchev–Trinajstić information content (AvgIpc) is 2.64. The van der Waals surface area contributed by atoms with Crippen LogP contribution in [0.15, 0.2) is 0 Å². The zero-order valence-corrected chi connectivity index (χ0v) is 18.7. The summed E-state index contributed by atoms with van der Waals surface area (Å²) in [5.74, 6) is -1.03. The molecule has 0 spiro atoms. The maximum atomic E-state index is 11.8. The predicted molar refractivity (Wildman–Crippen MR) is 105 cm³/mol. The molecule has 2 N–H and O–H groups in total. The van der Waals surface area contributed by atoms with Crippen molar-refractivity contribution in [3.63, 3.8) is 0 Å². The number of hydrogen-bond acceptors (Lipinski definition) is 9. The summed E-state index contributed by atoms with van der Waals surface area (Å²) in [6.45, 7) is 8.76. The number of piperazine rings is 1. The highest BCUT2D eigenvalue weighted by molar-refractivity contribution is 7.44. The molecule has 0 atom stereocenters. The molecular formula is C16H28N4O7P2. The van der Waals surface area contributed by atoms with Gasteiger partial charge in [-0.25, -0.2) is 9.80 Å². The molecule has 0 saturated carbocycles. The molecule has 2 amide bonds. The minimum atomic E-state index is -0.998. The van der Waals surface area contributed by atoms with Gasteiger partial charge in [0, 0.05) is 39.1 Å². The van der Waals surface area contributed by atoms with Crippen LogP contribution in [0.5, 0.6) is 0 Å². The van der Waals surface area contributed by atoms with E-state index in [-0.39, 0.29) is 19.4 Å². The molecule has 0 aromatic heterocycles. The first-order chi connectivity index (χ1) is 13.6. The van der Waals surface area contributed by atoms with Gasteiger partial charge < -0.3 is 14.8 Å². The van der Waals surface area contributed by atoms with Crippen LogP contribution in [0.1, 0.15) is 33.6 Å². The standard InChI is InChI=1S/C16H28N4O7P2/c1-16(2,3)27-14(23)18-20-8-6-19(7-9-20)10-11-26-13(22)5-4-12(21)17-15(28-24)29-25/h15H,4-11H2,1-3H3,(H,17,21)(H,18,23). The molecule has 0 unspecified atom stereocenters. The van der Waals surface area contributed by atoms with Crippen LogP contribution in [0.4, 0.5) is 4.79 Å². The molecule has 0 bridgehead atoms. The van der Waals surface area contributed by atoms with Crippen LogP contribution in [-0.4, -0.2) is 78.3 Å². The van der Waals surface area contributed by atoms with Gasteiger partial charge in [-0.2, -0.15) is 0 Å². The molecule has 0 aliphatic carbocycles.